The average molecular weight is 248 g/mol. The van der Waals surface area contributed by atoms with Crippen LogP contribution in [0.1, 0.15) is 24.5 Å². The summed E-state index contributed by atoms with van der Waals surface area (Å²) in [6, 6.07) is 7.35. The molecule has 2 unspecified atom stereocenters. The van der Waals surface area contributed by atoms with Crippen molar-refractivity contribution in [3.05, 3.63) is 29.3 Å². The van der Waals surface area contributed by atoms with Crippen LogP contribution in [-0.4, -0.2) is 31.8 Å². The summed E-state index contributed by atoms with van der Waals surface area (Å²) in [5, 5.41) is 7.10. The van der Waals surface area contributed by atoms with Crippen LogP contribution < -0.4 is 10.6 Å². The number of benzene rings is 1. The Hall–Kier alpha value is -1.06. The maximum atomic E-state index is 5.49. The van der Waals surface area contributed by atoms with Gasteiger partial charge in [-0.05, 0) is 44.4 Å². The SMILES string of the molecule is Cc1cccc(NC(C)CC2COCCN2)c1C. The molecule has 0 saturated carbocycles. The van der Waals surface area contributed by atoms with Crippen molar-refractivity contribution < 1.29 is 4.74 Å². The summed E-state index contributed by atoms with van der Waals surface area (Å²) < 4.78 is 5.49. The van der Waals surface area contributed by atoms with E-state index in [0.717, 1.165) is 26.2 Å². The molecule has 1 aromatic rings. The van der Waals surface area contributed by atoms with Gasteiger partial charge in [-0.15, -0.1) is 0 Å². The number of morpholine rings is 1. The fraction of sp³-hybridized carbons (Fsp3) is 0.600. The van der Waals surface area contributed by atoms with E-state index in [4.69, 9.17) is 4.74 Å². The van der Waals surface area contributed by atoms with Crippen LogP contribution in [0.15, 0.2) is 18.2 Å². The van der Waals surface area contributed by atoms with E-state index in [9.17, 15) is 0 Å². The standard InChI is InChI=1S/C15H24N2O/c1-11-5-4-6-15(13(11)3)17-12(2)9-14-10-18-8-7-16-14/h4-6,12,14,16-17H,7-10H2,1-3H3. The molecule has 1 aliphatic rings. The normalized spacial score (nSPS) is 21.6. The minimum atomic E-state index is 0.449. The number of rotatable bonds is 4. The molecule has 2 N–H and O–H groups in total. The van der Waals surface area contributed by atoms with Crippen molar-refractivity contribution in [1.29, 1.82) is 0 Å². The van der Waals surface area contributed by atoms with Gasteiger partial charge in [0.05, 0.1) is 13.2 Å². The summed E-state index contributed by atoms with van der Waals surface area (Å²) in [7, 11) is 0. The Kier molecular flexibility index (Phi) is 4.61. The van der Waals surface area contributed by atoms with Crippen LogP contribution in [0.3, 0.4) is 0 Å². The molecule has 3 nitrogen and oxygen atoms in total. The summed E-state index contributed by atoms with van der Waals surface area (Å²) in [6.45, 7) is 9.21. The summed E-state index contributed by atoms with van der Waals surface area (Å²) in [5.74, 6) is 0. The third-order valence-electron chi connectivity index (χ3n) is 3.64. The van der Waals surface area contributed by atoms with Gasteiger partial charge in [0.15, 0.2) is 0 Å². The van der Waals surface area contributed by atoms with Gasteiger partial charge < -0.3 is 15.4 Å². The lowest BCUT2D eigenvalue weighted by molar-refractivity contribution is 0.0731. The molecule has 3 heteroatoms. The first-order chi connectivity index (χ1) is 8.66. The van der Waals surface area contributed by atoms with E-state index in [2.05, 4.69) is 49.6 Å². The molecule has 0 radical (unpaired) electrons. The van der Waals surface area contributed by atoms with Gasteiger partial charge in [0.2, 0.25) is 0 Å². The van der Waals surface area contributed by atoms with Crippen molar-refractivity contribution in [1.82, 2.24) is 5.32 Å². The van der Waals surface area contributed by atoms with Crippen molar-refractivity contribution in [2.45, 2.75) is 39.3 Å². The van der Waals surface area contributed by atoms with E-state index in [1.54, 1.807) is 0 Å². The maximum absolute atomic E-state index is 5.49. The average Bonchev–Trinajstić information content (AvgIpc) is 2.36. The second kappa shape index (κ2) is 6.21. The fourth-order valence-corrected chi connectivity index (χ4v) is 2.43. The first-order valence-corrected chi connectivity index (χ1v) is 6.80. The molecular weight excluding hydrogens is 224 g/mol. The zero-order chi connectivity index (χ0) is 13.0. The van der Waals surface area contributed by atoms with E-state index < -0.39 is 0 Å². The van der Waals surface area contributed by atoms with Crippen molar-refractivity contribution in [3.8, 4) is 0 Å². The third kappa shape index (κ3) is 3.47. The summed E-state index contributed by atoms with van der Waals surface area (Å²) in [6.07, 6.45) is 1.09. The maximum Gasteiger partial charge on any atom is 0.0621 e. The highest BCUT2D eigenvalue weighted by atomic mass is 16.5. The van der Waals surface area contributed by atoms with Gasteiger partial charge in [0, 0.05) is 24.3 Å². The van der Waals surface area contributed by atoms with Crippen LogP contribution in [0, 0.1) is 13.8 Å². The van der Waals surface area contributed by atoms with Crippen molar-refractivity contribution in [2.24, 2.45) is 0 Å². The molecule has 0 spiro atoms. The Balaban J connectivity index is 1.90. The Morgan fingerprint density at radius 1 is 1.44 bits per heavy atom. The highest BCUT2D eigenvalue weighted by Crippen LogP contribution is 2.19. The molecule has 0 bridgehead atoms. The van der Waals surface area contributed by atoms with Gasteiger partial charge in [0.25, 0.3) is 0 Å². The van der Waals surface area contributed by atoms with Gasteiger partial charge in [-0.2, -0.15) is 0 Å². The second-order valence-corrected chi connectivity index (χ2v) is 5.25. The molecule has 100 valence electrons. The van der Waals surface area contributed by atoms with Gasteiger partial charge in [0.1, 0.15) is 0 Å². The summed E-state index contributed by atoms with van der Waals surface area (Å²) in [4.78, 5) is 0. The van der Waals surface area contributed by atoms with Gasteiger partial charge in [-0.25, -0.2) is 0 Å². The van der Waals surface area contributed by atoms with E-state index >= 15 is 0 Å². The Morgan fingerprint density at radius 2 is 2.28 bits per heavy atom. The second-order valence-electron chi connectivity index (χ2n) is 5.25. The zero-order valence-electron chi connectivity index (χ0n) is 11.6. The van der Waals surface area contributed by atoms with Crippen LogP contribution in [0.2, 0.25) is 0 Å². The van der Waals surface area contributed by atoms with E-state index in [1.807, 2.05) is 0 Å². The van der Waals surface area contributed by atoms with Crippen LogP contribution in [-0.2, 0) is 4.74 Å². The largest absolute Gasteiger partial charge is 0.382 e. The molecule has 2 atom stereocenters. The lowest BCUT2D eigenvalue weighted by Gasteiger charge is -2.27. The Labute approximate surface area is 110 Å². The molecule has 1 saturated heterocycles. The molecule has 1 fully saturated rings. The topological polar surface area (TPSA) is 33.3 Å². The molecule has 0 aromatic heterocycles. The monoisotopic (exact) mass is 248 g/mol. The molecular formula is C15H24N2O. The van der Waals surface area contributed by atoms with E-state index in [-0.39, 0.29) is 0 Å². The lowest BCUT2D eigenvalue weighted by atomic mass is 10.1. The molecule has 2 rings (SSSR count). The molecule has 1 heterocycles. The zero-order valence-corrected chi connectivity index (χ0v) is 11.6. The van der Waals surface area contributed by atoms with Gasteiger partial charge in [-0.3, -0.25) is 0 Å². The number of nitrogens with one attached hydrogen (secondary N) is 2. The Bertz CT molecular complexity index is 386. The molecule has 1 aromatic carbocycles. The van der Waals surface area contributed by atoms with Crippen molar-refractivity contribution in [3.63, 3.8) is 0 Å². The quantitative estimate of drug-likeness (QED) is 0.859. The molecule has 0 amide bonds. The van der Waals surface area contributed by atoms with Crippen LogP contribution in [0.25, 0.3) is 0 Å². The highest BCUT2D eigenvalue weighted by Gasteiger charge is 2.16. The number of hydrogen-bond acceptors (Lipinski definition) is 3. The Morgan fingerprint density at radius 3 is 3.00 bits per heavy atom. The van der Waals surface area contributed by atoms with Crippen LogP contribution in [0.4, 0.5) is 5.69 Å². The van der Waals surface area contributed by atoms with Crippen LogP contribution >= 0.6 is 0 Å². The first kappa shape index (κ1) is 13.4. The number of hydrogen-bond donors (Lipinski definition) is 2. The van der Waals surface area contributed by atoms with Crippen molar-refractivity contribution >= 4 is 5.69 Å². The summed E-state index contributed by atoms with van der Waals surface area (Å²) in [5.41, 5.74) is 3.93. The minimum absolute atomic E-state index is 0.449. The van der Waals surface area contributed by atoms with Gasteiger partial charge >= 0.3 is 0 Å². The smallest absolute Gasteiger partial charge is 0.0621 e. The van der Waals surface area contributed by atoms with E-state index in [0.29, 0.717) is 12.1 Å². The van der Waals surface area contributed by atoms with Gasteiger partial charge in [-0.1, -0.05) is 12.1 Å². The molecule has 18 heavy (non-hydrogen) atoms. The summed E-state index contributed by atoms with van der Waals surface area (Å²) >= 11 is 0. The molecule has 1 aliphatic heterocycles. The minimum Gasteiger partial charge on any atom is -0.382 e. The predicted octanol–water partition coefficient (Wildman–Crippen LogP) is 2.48. The first-order valence-electron chi connectivity index (χ1n) is 6.80. The molecule has 0 aliphatic carbocycles. The number of anilines is 1. The van der Waals surface area contributed by atoms with Crippen molar-refractivity contribution in [2.75, 3.05) is 25.1 Å². The lowest BCUT2D eigenvalue weighted by Crippen LogP contribution is -2.43. The predicted molar refractivity (Wildman–Crippen MR) is 76.2 cm³/mol. The fourth-order valence-electron chi connectivity index (χ4n) is 2.43. The third-order valence-corrected chi connectivity index (χ3v) is 3.64. The van der Waals surface area contributed by atoms with E-state index in [1.165, 1.54) is 16.8 Å². The number of ether oxygens (including phenoxy) is 1. The highest BCUT2D eigenvalue weighted by molar-refractivity contribution is 5.54. The number of aryl methyl sites for hydroxylation is 1. The van der Waals surface area contributed by atoms with Crippen LogP contribution in [0.5, 0.6) is 0 Å².